The second kappa shape index (κ2) is 9.19. The number of hydrogen-bond donors (Lipinski definition) is 1. The minimum atomic E-state index is -0.221. The molecule has 0 atom stereocenters. The van der Waals surface area contributed by atoms with Crippen molar-refractivity contribution in [1.82, 2.24) is 9.55 Å². The number of aryl methyl sites for hydroxylation is 2. The number of rotatable bonds is 6. The zero-order valence-electron chi connectivity index (χ0n) is 18.9. The minimum absolute atomic E-state index is 0.221. The van der Waals surface area contributed by atoms with E-state index < -0.39 is 0 Å². The number of anilines is 1. The number of benzene rings is 1. The SMILES string of the molecule is [C-]#[N+]C1=CCC(C(=O)Nc2ccc(CCn3ccnc3)cc2C2=CCC3(CCCC3)CC2)=N1. The molecule has 3 aliphatic rings. The third-order valence-electron chi connectivity index (χ3n) is 7.37. The highest BCUT2D eigenvalue weighted by Crippen LogP contribution is 2.50. The van der Waals surface area contributed by atoms with Gasteiger partial charge >= 0.3 is 0 Å². The number of carbonyl (C=O) groups is 1. The average molecular weight is 440 g/mol. The molecule has 1 N–H and O–H groups in total. The third-order valence-corrected chi connectivity index (χ3v) is 7.37. The van der Waals surface area contributed by atoms with Gasteiger partial charge in [-0.3, -0.25) is 4.79 Å². The van der Waals surface area contributed by atoms with Crippen LogP contribution in [0, 0.1) is 12.0 Å². The van der Waals surface area contributed by atoms with Gasteiger partial charge in [0, 0.05) is 36.6 Å². The maximum atomic E-state index is 12.9. The van der Waals surface area contributed by atoms with Crippen molar-refractivity contribution in [3.8, 4) is 0 Å². The van der Waals surface area contributed by atoms with Gasteiger partial charge in [-0.2, -0.15) is 0 Å². The van der Waals surface area contributed by atoms with Crippen LogP contribution < -0.4 is 5.32 Å². The van der Waals surface area contributed by atoms with Crippen LogP contribution in [0.15, 0.2) is 59.9 Å². The maximum absolute atomic E-state index is 12.9. The predicted molar refractivity (Wildman–Crippen MR) is 130 cm³/mol. The first-order valence-corrected chi connectivity index (χ1v) is 11.9. The van der Waals surface area contributed by atoms with Crippen LogP contribution in [0.4, 0.5) is 5.69 Å². The summed E-state index contributed by atoms with van der Waals surface area (Å²) in [7, 11) is 0. The number of hydrogen-bond acceptors (Lipinski definition) is 3. The van der Waals surface area contributed by atoms with E-state index in [4.69, 9.17) is 6.57 Å². The Morgan fingerprint density at radius 2 is 2.09 bits per heavy atom. The summed E-state index contributed by atoms with van der Waals surface area (Å²) in [6.07, 6.45) is 19.9. The van der Waals surface area contributed by atoms with Crippen LogP contribution in [0.5, 0.6) is 0 Å². The van der Waals surface area contributed by atoms with Gasteiger partial charge in [0.1, 0.15) is 0 Å². The molecule has 1 aliphatic heterocycles. The van der Waals surface area contributed by atoms with E-state index in [1.54, 1.807) is 12.3 Å². The molecule has 1 spiro atoms. The quantitative estimate of drug-likeness (QED) is 0.579. The number of allylic oxidation sites excluding steroid dienone is 3. The van der Waals surface area contributed by atoms with E-state index in [2.05, 4.69) is 42.9 Å². The number of aliphatic imine (C=N–C) groups is 1. The Bertz CT molecular complexity index is 1170. The predicted octanol–water partition coefficient (Wildman–Crippen LogP) is 5.80. The highest BCUT2D eigenvalue weighted by atomic mass is 16.1. The molecule has 1 aromatic carbocycles. The molecular formula is C27H29N5O. The van der Waals surface area contributed by atoms with E-state index >= 15 is 0 Å². The van der Waals surface area contributed by atoms with Gasteiger partial charge in [0.15, 0.2) is 5.71 Å². The first kappa shape index (κ1) is 21.4. The van der Waals surface area contributed by atoms with E-state index in [1.165, 1.54) is 43.2 Å². The van der Waals surface area contributed by atoms with Gasteiger partial charge in [-0.05, 0) is 67.2 Å². The molecule has 33 heavy (non-hydrogen) atoms. The monoisotopic (exact) mass is 439 g/mol. The molecule has 1 fully saturated rings. The Balaban J connectivity index is 1.39. The summed E-state index contributed by atoms with van der Waals surface area (Å²) in [5.74, 6) is 0.0769. The molecule has 168 valence electrons. The van der Waals surface area contributed by atoms with E-state index in [9.17, 15) is 4.79 Å². The van der Waals surface area contributed by atoms with Crippen molar-refractivity contribution in [3.05, 3.63) is 77.4 Å². The Morgan fingerprint density at radius 1 is 1.21 bits per heavy atom. The molecule has 2 aromatic rings. The van der Waals surface area contributed by atoms with Gasteiger partial charge < -0.3 is 14.7 Å². The Kier molecular flexibility index (Phi) is 5.95. The fourth-order valence-corrected chi connectivity index (χ4v) is 5.39. The lowest BCUT2D eigenvalue weighted by molar-refractivity contribution is -0.110. The number of imidazole rings is 1. The molecule has 0 unspecified atom stereocenters. The lowest BCUT2D eigenvalue weighted by atomic mass is 9.72. The molecular weight excluding hydrogens is 410 g/mol. The largest absolute Gasteiger partial charge is 0.361 e. The van der Waals surface area contributed by atoms with E-state index in [0.717, 1.165) is 37.1 Å². The number of aromatic nitrogens is 2. The van der Waals surface area contributed by atoms with Crippen LogP contribution in [0.1, 0.15) is 62.5 Å². The van der Waals surface area contributed by atoms with Gasteiger partial charge in [-0.25, -0.2) is 4.98 Å². The fraction of sp³-hybridized carbons (Fsp3) is 0.407. The van der Waals surface area contributed by atoms with E-state index in [0.29, 0.717) is 23.4 Å². The number of nitrogens with one attached hydrogen (secondary N) is 1. The molecule has 2 heterocycles. The van der Waals surface area contributed by atoms with Gasteiger partial charge in [-0.15, -0.1) is 4.99 Å². The third kappa shape index (κ3) is 4.68. The van der Waals surface area contributed by atoms with Crippen molar-refractivity contribution < 1.29 is 4.79 Å². The Hall–Kier alpha value is -3.46. The highest BCUT2D eigenvalue weighted by molar-refractivity contribution is 6.44. The molecule has 1 saturated carbocycles. The normalized spacial score (nSPS) is 19.1. The second-order valence-corrected chi connectivity index (χ2v) is 9.46. The molecule has 2 aliphatic carbocycles. The summed E-state index contributed by atoms with van der Waals surface area (Å²) >= 11 is 0. The summed E-state index contributed by atoms with van der Waals surface area (Å²) in [4.78, 5) is 24.5. The van der Waals surface area contributed by atoms with Gasteiger partial charge in [0.05, 0.1) is 6.33 Å². The second-order valence-electron chi connectivity index (χ2n) is 9.46. The molecule has 0 bridgehead atoms. The zero-order chi connectivity index (χ0) is 22.7. The zero-order valence-corrected chi connectivity index (χ0v) is 18.9. The molecule has 0 radical (unpaired) electrons. The van der Waals surface area contributed by atoms with Crippen molar-refractivity contribution >= 4 is 22.9 Å². The lowest BCUT2D eigenvalue weighted by Crippen LogP contribution is -2.23. The van der Waals surface area contributed by atoms with Crippen molar-refractivity contribution in [2.75, 3.05) is 5.32 Å². The first-order chi connectivity index (χ1) is 16.1. The number of amides is 1. The standard InChI is InChI=1S/C27H29N5O/c1-28-25-7-6-24(30-25)26(33)31-23-5-4-20(10-16-32-17-15-29-19-32)18-22(23)21-8-13-27(14-9-21)11-2-3-12-27/h4-5,7-8,15,17-19H,2-3,6,9-14,16H2,(H,31,33). The molecule has 5 rings (SSSR count). The molecule has 0 saturated heterocycles. The van der Waals surface area contributed by atoms with E-state index in [1.807, 2.05) is 18.6 Å². The number of nitrogens with zero attached hydrogens (tertiary/aromatic N) is 4. The average Bonchev–Trinajstić information content (AvgIpc) is 3.61. The van der Waals surface area contributed by atoms with Crippen LogP contribution in [0.3, 0.4) is 0 Å². The first-order valence-electron chi connectivity index (χ1n) is 11.9. The summed E-state index contributed by atoms with van der Waals surface area (Å²) < 4.78 is 2.08. The highest BCUT2D eigenvalue weighted by Gasteiger charge is 2.35. The van der Waals surface area contributed by atoms with Crippen LogP contribution >= 0.6 is 0 Å². The Labute approximate surface area is 195 Å². The van der Waals surface area contributed by atoms with E-state index in [-0.39, 0.29) is 5.91 Å². The molecule has 6 heteroatoms. The lowest BCUT2D eigenvalue weighted by Gasteiger charge is -2.33. The van der Waals surface area contributed by atoms with Crippen LogP contribution in [0.25, 0.3) is 10.4 Å². The van der Waals surface area contributed by atoms with Crippen molar-refractivity contribution in [2.45, 2.75) is 64.3 Å². The maximum Gasteiger partial charge on any atom is 0.293 e. The van der Waals surface area contributed by atoms with Gasteiger partial charge in [-0.1, -0.05) is 37.6 Å². The van der Waals surface area contributed by atoms with Crippen LogP contribution in [0.2, 0.25) is 0 Å². The van der Waals surface area contributed by atoms with Gasteiger partial charge in [0.25, 0.3) is 11.7 Å². The molecule has 6 nitrogen and oxygen atoms in total. The topological polar surface area (TPSA) is 63.6 Å². The summed E-state index contributed by atoms with van der Waals surface area (Å²) in [6, 6.07) is 6.36. The smallest absolute Gasteiger partial charge is 0.293 e. The Morgan fingerprint density at radius 3 is 2.79 bits per heavy atom. The van der Waals surface area contributed by atoms with Crippen molar-refractivity contribution in [2.24, 2.45) is 10.4 Å². The summed E-state index contributed by atoms with van der Waals surface area (Å²) in [5.41, 5.74) is 5.44. The van der Waals surface area contributed by atoms with Crippen LogP contribution in [-0.2, 0) is 17.8 Å². The summed E-state index contributed by atoms with van der Waals surface area (Å²) in [6.45, 7) is 7.98. The van der Waals surface area contributed by atoms with Crippen molar-refractivity contribution in [1.29, 1.82) is 0 Å². The molecule has 1 aromatic heterocycles. The number of carbonyl (C=O) groups excluding carboxylic acids is 1. The van der Waals surface area contributed by atoms with Gasteiger partial charge in [0.2, 0.25) is 0 Å². The van der Waals surface area contributed by atoms with Crippen molar-refractivity contribution in [3.63, 3.8) is 0 Å². The molecule has 1 amide bonds. The van der Waals surface area contributed by atoms with Crippen LogP contribution in [-0.4, -0.2) is 21.2 Å². The summed E-state index contributed by atoms with van der Waals surface area (Å²) in [5, 5.41) is 3.09. The fourth-order valence-electron chi connectivity index (χ4n) is 5.39. The minimum Gasteiger partial charge on any atom is -0.361 e.